The van der Waals surface area contributed by atoms with Crippen LogP contribution in [0.2, 0.25) is 0 Å². The minimum Gasteiger partial charge on any atom is -0.465 e. The van der Waals surface area contributed by atoms with Crippen molar-refractivity contribution in [3.8, 4) is 0 Å². The van der Waals surface area contributed by atoms with Gasteiger partial charge >= 0.3 is 11.9 Å². The molecule has 0 bridgehead atoms. The molecular weight excluding hydrogens is 368 g/mol. The van der Waals surface area contributed by atoms with E-state index in [0.29, 0.717) is 30.2 Å². The number of nitrogens with zero attached hydrogens (tertiary/aromatic N) is 2. The van der Waals surface area contributed by atoms with E-state index >= 15 is 0 Å². The number of carbonyl (C=O) groups is 2. The van der Waals surface area contributed by atoms with Crippen LogP contribution in [0.3, 0.4) is 0 Å². The molecule has 0 aliphatic carbocycles. The zero-order valence-electron chi connectivity index (χ0n) is 18.2. The van der Waals surface area contributed by atoms with Gasteiger partial charge in [-0.2, -0.15) is 0 Å². The van der Waals surface area contributed by atoms with E-state index in [9.17, 15) is 9.59 Å². The number of ether oxygens (including phenoxy) is 2. The molecule has 0 saturated carbocycles. The Morgan fingerprint density at radius 3 is 2.38 bits per heavy atom. The number of allylic oxidation sites excluding steroid dienone is 1. The first-order valence-electron chi connectivity index (χ1n) is 10.5. The average Bonchev–Trinajstić information content (AvgIpc) is 2.67. The average molecular weight is 402 g/mol. The van der Waals surface area contributed by atoms with Gasteiger partial charge in [-0.3, -0.25) is 9.79 Å². The molecule has 0 amide bonds. The van der Waals surface area contributed by atoms with Crippen LogP contribution < -0.4 is 4.57 Å². The number of rotatable bonds is 9. The van der Waals surface area contributed by atoms with Gasteiger partial charge < -0.3 is 9.47 Å². The molecule has 2 unspecified atom stereocenters. The second kappa shape index (κ2) is 10.9. The van der Waals surface area contributed by atoms with Gasteiger partial charge in [0.2, 0.25) is 0 Å². The van der Waals surface area contributed by atoms with Gasteiger partial charge in [0, 0.05) is 29.0 Å². The van der Waals surface area contributed by atoms with E-state index in [-0.39, 0.29) is 5.97 Å². The van der Waals surface area contributed by atoms with Crippen molar-refractivity contribution in [2.45, 2.75) is 59.3 Å². The third-order valence-corrected chi connectivity index (χ3v) is 5.10. The van der Waals surface area contributed by atoms with E-state index in [1.165, 1.54) is 0 Å². The predicted octanol–water partition coefficient (Wildman–Crippen LogP) is 3.65. The number of aryl methyl sites for hydroxylation is 1. The number of pyridine rings is 1. The molecule has 29 heavy (non-hydrogen) atoms. The van der Waals surface area contributed by atoms with Crippen LogP contribution in [-0.2, 0) is 26.1 Å². The van der Waals surface area contributed by atoms with E-state index in [1.54, 1.807) is 6.92 Å². The van der Waals surface area contributed by atoms with Gasteiger partial charge in [0.05, 0.1) is 18.8 Å². The first kappa shape index (κ1) is 22.8. The standard InChI is InChI=1S/C23H33N2O4/c1-6-8-13-28-22(26)19-16(3)24-17(4)20(23(27)29-14-9-7-2)21(19)18-11-10-12-25(5)15-18/h10-12,15,19,21H,6-9,13-14H2,1-5H3/q+1. The van der Waals surface area contributed by atoms with Gasteiger partial charge in [-0.05, 0) is 32.8 Å². The van der Waals surface area contributed by atoms with Gasteiger partial charge in [0.25, 0.3) is 0 Å². The maximum Gasteiger partial charge on any atom is 0.336 e. The summed E-state index contributed by atoms with van der Waals surface area (Å²) in [5.74, 6) is -1.88. The van der Waals surface area contributed by atoms with Crippen molar-refractivity contribution in [1.82, 2.24) is 0 Å². The van der Waals surface area contributed by atoms with E-state index in [0.717, 1.165) is 31.2 Å². The molecule has 6 heteroatoms. The van der Waals surface area contributed by atoms with E-state index in [1.807, 2.05) is 56.9 Å². The lowest BCUT2D eigenvalue weighted by Gasteiger charge is -2.31. The van der Waals surface area contributed by atoms with Crippen molar-refractivity contribution in [1.29, 1.82) is 0 Å². The number of aliphatic imine (C=N–C) groups is 1. The summed E-state index contributed by atoms with van der Waals surface area (Å²) in [6.45, 7) is 8.44. The summed E-state index contributed by atoms with van der Waals surface area (Å²) in [5, 5.41) is 0. The van der Waals surface area contributed by atoms with E-state index in [4.69, 9.17) is 9.47 Å². The third-order valence-electron chi connectivity index (χ3n) is 5.10. The molecule has 1 aliphatic heterocycles. The number of esters is 2. The second-order valence-corrected chi connectivity index (χ2v) is 7.52. The largest absolute Gasteiger partial charge is 0.465 e. The van der Waals surface area contributed by atoms with Gasteiger partial charge in [0.15, 0.2) is 12.4 Å². The molecule has 0 fully saturated rings. The van der Waals surface area contributed by atoms with Crippen molar-refractivity contribution in [3.63, 3.8) is 0 Å². The highest BCUT2D eigenvalue weighted by atomic mass is 16.5. The predicted molar refractivity (Wildman–Crippen MR) is 111 cm³/mol. The molecule has 0 spiro atoms. The fraction of sp³-hybridized carbons (Fsp3) is 0.565. The van der Waals surface area contributed by atoms with Crippen molar-refractivity contribution < 1.29 is 23.6 Å². The van der Waals surface area contributed by atoms with Crippen molar-refractivity contribution in [2.24, 2.45) is 18.0 Å². The lowest BCUT2D eigenvalue weighted by Crippen LogP contribution is -2.38. The molecule has 6 nitrogen and oxygen atoms in total. The molecule has 0 radical (unpaired) electrons. The minimum atomic E-state index is -0.647. The second-order valence-electron chi connectivity index (χ2n) is 7.52. The smallest absolute Gasteiger partial charge is 0.336 e. The van der Waals surface area contributed by atoms with Crippen LogP contribution in [0, 0.1) is 5.92 Å². The molecule has 0 N–H and O–H groups in total. The van der Waals surface area contributed by atoms with Crippen molar-refractivity contribution in [2.75, 3.05) is 13.2 Å². The van der Waals surface area contributed by atoms with Crippen LogP contribution in [0.4, 0.5) is 0 Å². The Balaban J connectivity index is 2.46. The highest BCUT2D eigenvalue weighted by molar-refractivity contribution is 6.06. The monoisotopic (exact) mass is 401 g/mol. The third kappa shape index (κ3) is 5.75. The summed E-state index contributed by atoms with van der Waals surface area (Å²) < 4.78 is 13.0. The molecule has 0 saturated heterocycles. The lowest BCUT2D eigenvalue weighted by molar-refractivity contribution is -0.672. The van der Waals surface area contributed by atoms with Gasteiger partial charge in [0.1, 0.15) is 13.0 Å². The molecule has 1 aromatic heterocycles. The number of aromatic nitrogens is 1. The van der Waals surface area contributed by atoms with Gasteiger partial charge in [-0.1, -0.05) is 26.7 Å². The van der Waals surface area contributed by atoms with Crippen molar-refractivity contribution >= 4 is 17.7 Å². The molecule has 2 atom stereocenters. The van der Waals surface area contributed by atoms with E-state index < -0.39 is 17.8 Å². The quantitative estimate of drug-likeness (QED) is 0.360. The Hall–Kier alpha value is -2.50. The van der Waals surface area contributed by atoms with Crippen LogP contribution in [0.15, 0.2) is 40.8 Å². The summed E-state index contributed by atoms with van der Waals surface area (Å²) in [6.07, 6.45) is 7.33. The molecule has 0 aromatic carbocycles. The first-order valence-corrected chi connectivity index (χ1v) is 10.5. The Bertz CT molecular complexity index is 798. The Morgan fingerprint density at radius 1 is 1.10 bits per heavy atom. The normalized spacial score (nSPS) is 19.0. The van der Waals surface area contributed by atoms with Crippen LogP contribution in [0.1, 0.15) is 64.9 Å². The fourth-order valence-electron chi connectivity index (χ4n) is 3.56. The summed E-state index contributed by atoms with van der Waals surface area (Å²) in [4.78, 5) is 30.5. The maximum absolute atomic E-state index is 13.0. The lowest BCUT2D eigenvalue weighted by atomic mass is 9.76. The highest BCUT2D eigenvalue weighted by Crippen LogP contribution is 2.39. The molecule has 2 rings (SSSR count). The summed E-state index contributed by atoms with van der Waals surface area (Å²) in [7, 11) is 1.91. The number of hydrogen-bond acceptors (Lipinski definition) is 5. The molecule has 2 heterocycles. The molecule has 1 aromatic rings. The minimum absolute atomic E-state index is 0.345. The summed E-state index contributed by atoms with van der Waals surface area (Å²) >= 11 is 0. The SMILES string of the molecule is CCCCOC(=O)C1=C(C)N=C(C)C(C(=O)OCCCC)C1c1ccc[n+](C)c1. The highest BCUT2D eigenvalue weighted by Gasteiger charge is 2.43. The number of carbonyl (C=O) groups excluding carboxylic acids is 2. The van der Waals surface area contributed by atoms with Crippen LogP contribution in [0.25, 0.3) is 0 Å². The number of hydrogen-bond donors (Lipinski definition) is 0. The number of unbranched alkanes of at least 4 members (excludes halogenated alkanes) is 2. The van der Waals surface area contributed by atoms with Crippen LogP contribution in [-0.4, -0.2) is 30.9 Å². The first-order chi connectivity index (χ1) is 13.9. The Labute approximate surface area is 173 Å². The molecule has 1 aliphatic rings. The summed E-state index contributed by atoms with van der Waals surface area (Å²) in [5.41, 5.74) is 2.56. The van der Waals surface area contributed by atoms with Gasteiger partial charge in [-0.25, -0.2) is 9.36 Å². The zero-order valence-corrected chi connectivity index (χ0v) is 18.2. The molecule has 158 valence electrons. The molecular formula is C23H33N2O4+. The van der Waals surface area contributed by atoms with Crippen molar-refractivity contribution in [3.05, 3.63) is 41.4 Å². The summed E-state index contributed by atoms with van der Waals surface area (Å²) in [6, 6.07) is 3.84. The topological polar surface area (TPSA) is 68.8 Å². The van der Waals surface area contributed by atoms with Crippen LogP contribution >= 0.6 is 0 Å². The van der Waals surface area contributed by atoms with Gasteiger partial charge in [-0.15, -0.1) is 0 Å². The fourth-order valence-corrected chi connectivity index (χ4v) is 3.56. The Morgan fingerprint density at radius 2 is 1.76 bits per heavy atom. The maximum atomic E-state index is 13.0. The Kier molecular flexibility index (Phi) is 8.55. The van der Waals surface area contributed by atoms with Crippen LogP contribution in [0.5, 0.6) is 0 Å². The van der Waals surface area contributed by atoms with E-state index in [2.05, 4.69) is 4.99 Å². The zero-order chi connectivity index (χ0) is 21.4.